The molecule has 0 aromatic carbocycles. The maximum Gasteiger partial charge on any atom is 0.305 e. The average molecular weight is 988 g/mol. The highest BCUT2D eigenvalue weighted by Crippen LogP contribution is 2.23. The second-order valence-corrected chi connectivity index (χ2v) is 19.6. The van der Waals surface area contributed by atoms with Crippen LogP contribution in [0.2, 0.25) is 0 Å². The quantitative estimate of drug-likeness (QED) is 0.0149. The van der Waals surface area contributed by atoms with Crippen molar-refractivity contribution >= 4 is 11.9 Å². The average Bonchev–Trinajstić information content (AvgIpc) is 3.36. The number of carbonyl (C=O) groups excluding carboxylic acids is 2. The molecule has 7 unspecified atom stereocenters. The van der Waals surface area contributed by atoms with E-state index >= 15 is 0 Å². The maximum absolute atomic E-state index is 13.0. The molecule has 0 radical (unpaired) electrons. The standard InChI is InChI=1S/C59H105NO10/c1-3-5-7-9-11-13-15-26-29-33-37-41-45-52(62)51(50-69-59-58(67)57(66)56(65)53(49-61)70-59)60-54(63)46-42-38-34-30-27-23-21-19-17-16-18-20-22-24-28-32-36-40-44-48-68-55(64)47-43-39-35-31-25-14-12-10-8-6-4-2/h9,11,20,22,24,26,28-29,41,45,51-53,56-59,61-62,65-67H,3-8,10,12-19,21,23,25,27,30-40,42-44,46-50H2,1-2H3,(H,60,63)/b11-9+,22-20-,28-24-,29-26+,45-41+. The normalized spacial score (nSPS) is 19.7. The van der Waals surface area contributed by atoms with Crippen molar-refractivity contribution < 1.29 is 49.3 Å². The van der Waals surface area contributed by atoms with E-state index in [4.69, 9.17) is 14.2 Å². The number of rotatable bonds is 48. The van der Waals surface area contributed by atoms with Gasteiger partial charge in [0.2, 0.25) is 5.91 Å². The Kier molecular flexibility index (Phi) is 45.4. The van der Waals surface area contributed by atoms with Crippen LogP contribution in [0.3, 0.4) is 0 Å². The number of amides is 1. The highest BCUT2D eigenvalue weighted by atomic mass is 16.7. The molecule has 0 aromatic heterocycles. The van der Waals surface area contributed by atoms with E-state index in [9.17, 15) is 35.1 Å². The zero-order chi connectivity index (χ0) is 51.0. The van der Waals surface area contributed by atoms with Gasteiger partial charge in [-0.05, 0) is 83.5 Å². The van der Waals surface area contributed by atoms with Gasteiger partial charge in [-0.3, -0.25) is 9.59 Å². The summed E-state index contributed by atoms with van der Waals surface area (Å²) < 4.78 is 16.6. The molecule has 1 fully saturated rings. The first-order valence-corrected chi connectivity index (χ1v) is 28.6. The summed E-state index contributed by atoms with van der Waals surface area (Å²) in [5, 5.41) is 54.2. The molecule has 70 heavy (non-hydrogen) atoms. The fourth-order valence-electron chi connectivity index (χ4n) is 8.50. The third-order valence-electron chi connectivity index (χ3n) is 13.1. The topological polar surface area (TPSA) is 175 Å². The summed E-state index contributed by atoms with van der Waals surface area (Å²) >= 11 is 0. The summed E-state index contributed by atoms with van der Waals surface area (Å²) in [6.07, 6.45) is 51.7. The Hall–Kier alpha value is -2.64. The Labute approximate surface area is 427 Å². The monoisotopic (exact) mass is 988 g/mol. The van der Waals surface area contributed by atoms with Gasteiger partial charge >= 0.3 is 5.97 Å². The van der Waals surface area contributed by atoms with Gasteiger partial charge < -0.3 is 45.1 Å². The molecule has 1 aliphatic rings. The molecule has 11 heteroatoms. The van der Waals surface area contributed by atoms with Crippen LogP contribution in [0.1, 0.15) is 239 Å². The van der Waals surface area contributed by atoms with Crippen molar-refractivity contribution in [1.29, 1.82) is 0 Å². The van der Waals surface area contributed by atoms with Crippen molar-refractivity contribution in [1.82, 2.24) is 5.32 Å². The SMILES string of the molecule is CCCC/C=C/CC/C=C/CC/C=C/C(O)C(COC1OC(CO)C(O)C(O)C1O)NC(=O)CCCCCCCCCCCC/C=C\C=C/CCCCCOC(=O)CCCCCCCCCCCCC. The summed E-state index contributed by atoms with van der Waals surface area (Å²) in [7, 11) is 0. The van der Waals surface area contributed by atoms with Gasteiger partial charge in [0.15, 0.2) is 6.29 Å². The van der Waals surface area contributed by atoms with Gasteiger partial charge in [-0.1, -0.05) is 203 Å². The number of allylic oxidation sites excluding steroid dienone is 9. The number of ether oxygens (including phenoxy) is 3. The zero-order valence-corrected chi connectivity index (χ0v) is 44.5. The van der Waals surface area contributed by atoms with Crippen molar-refractivity contribution in [2.24, 2.45) is 0 Å². The van der Waals surface area contributed by atoms with Crippen LogP contribution in [-0.2, 0) is 23.8 Å². The van der Waals surface area contributed by atoms with Gasteiger partial charge in [0, 0.05) is 12.8 Å². The smallest absolute Gasteiger partial charge is 0.305 e. The molecule has 1 heterocycles. The van der Waals surface area contributed by atoms with Crippen LogP contribution in [0.15, 0.2) is 60.8 Å². The lowest BCUT2D eigenvalue weighted by molar-refractivity contribution is -0.302. The molecular weight excluding hydrogens is 883 g/mol. The lowest BCUT2D eigenvalue weighted by Crippen LogP contribution is -2.60. The lowest BCUT2D eigenvalue weighted by Gasteiger charge is -2.40. The Morgan fingerprint density at radius 1 is 0.529 bits per heavy atom. The molecule has 6 N–H and O–H groups in total. The fraction of sp³-hybridized carbons (Fsp3) is 0.797. The Bertz CT molecular complexity index is 1350. The van der Waals surface area contributed by atoms with Gasteiger partial charge in [0.05, 0.1) is 32.0 Å². The molecule has 0 aliphatic carbocycles. The molecule has 1 amide bonds. The van der Waals surface area contributed by atoms with E-state index in [1.165, 1.54) is 109 Å². The third-order valence-corrected chi connectivity index (χ3v) is 13.1. The first-order valence-electron chi connectivity index (χ1n) is 28.6. The molecular formula is C59H105NO10. The predicted octanol–water partition coefficient (Wildman–Crippen LogP) is 12.7. The summed E-state index contributed by atoms with van der Waals surface area (Å²) in [6, 6.07) is -0.843. The molecule has 0 bridgehead atoms. The highest BCUT2D eigenvalue weighted by Gasteiger charge is 2.44. The molecule has 7 atom stereocenters. The van der Waals surface area contributed by atoms with E-state index in [-0.39, 0.29) is 18.5 Å². The largest absolute Gasteiger partial charge is 0.466 e. The summed E-state index contributed by atoms with van der Waals surface area (Å²) in [6.45, 7) is 4.21. The minimum Gasteiger partial charge on any atom is -0.466 e. The first-order chi connectivity index (χ1) is 34.2. The van der Waals surface area contributed by atoms with Crippen LogP contribution in [0.5, 0.6) is 0 Å². The van der Waals surface area contributed by atoms with Crippen molar-refractivity contribution in [3.63, 3.8) is 0 Å². The second kappa shape index (κ2) is 48.6. The van der Waals surface area contributed by atoms with Gasteiger partial charge in [-0.15, -0.1) is 0 Å². The third kappa shape index (κ3) is 38.0. The summed E-state index contributed by atoms with van der Waals surface area (Å²) in [5.74, 6) is -0.239. The van der Waals surface area contributed by atoms with Crippen molar-refractivity contribution in [2.45, 2.75) is 281 Å². The molecule has 0 saturated carbocycles. The number of carbonyl (C=O) groups is 2. The van der Waals surface area contributed by atoms with Crippen LogP contribution in [0.4, 0.5) is 0 Å². The van der Waals surface area contributed by atoms with E-state index in [1.807, 2.05) is 6.08 Å². The van der Waals surface area contributed by atoms with E-state index in [2.05, 4.69) is 67.8 Å². The van der Waals surface area contributed by atoms with Crippen molar-refractivity contribution in [3.05, 3.63) is 60.8 Å². The second-order valence-electron chi connectivity index (χ2n) is 19.6. The number of nitrogens with one attached hydrogen (secondary N) is 1. The minimum absolute atomic E-state index is 0.0305. The summed E-state index contributed by atoms with van der Waals surface area (Å²) in [4.78, 5) is 25.0. The molecule has 406 valence electrons. The fourth-order valence-corrected chi connectivity index (χ4v) is 8.50. The Morgan fingerprint density at radius 3 is 1.53 bits per heavy atom. The number of hydrogen-bond acceptors (Lipinski definition) is 10. The minimum atomic E-state index is -1.58. The van der Waals surface area contributed by atoms with E-state index in [0.29, 0.717) is 19.4 Å². The molecule has 11 nitrogen and oxygen atoms in total. The maximum atomic E-state index is 13.0. The van der Waals surface area contributed by atoms with Gasteiger partial charge in [0.25, 0.3) is 0 Å². The lowest BCUT2D eigenvalue weighted by atomic mass is 9.99. The molecule has 0 spiro atoms. The molecule has 1 rings (SSSR count). The highest BCUT2D eigenvalue weighted by molar-refractivity contribution is 5.76. The molecule has 0 aromatic rings. The number of aliphatic hydroxyl groups excluding tert-OH is 5. The van der Waals surface area contributed by atoms with Crippen LogP contribution >= 0.6 is 0 Å². The number of aliphatic hydroxyl groups is 5. The molecule has 1 saturated heterocycles. The predicted molar refractivity (Wildman–Crippen MR) is 287 cm³/mol. The van der Waals surface area contributed by atoms with Crippen LogP contribution < -0.4 is 5.32 Å². The van der Waals surface area contributed by atoms with E-state index in [0.717, 1.165) is 103 Å². The van der Waals surface area contributed by atoms with Crippen molar-refractivity contribution in [3.8, 4) is 0 Å². The number of esters is 1. The number of unbranched alkanes of at least 4 members (excludes halogenated alkanes) is 27. The summed E-state index contributed by atoms with van der Waals surface area (Å²) in [5.41, 5.74) is 0. The zero-order valence-electron chi connectivity index (χ0n) is 44.5. The Balaban J connectivity index is 2.14. The number of hydrogen-bond donors (Lipinski definition) is 6. The van der Waals surface area contributed by atoms with Crippen LogP contribution in [0.25, 0.3) is 0 Å². The van der Waals surface area contributed by atoms with Crippen LogP contribution in [0, 0.1) is 0 Å². The first kappa shape index (κ1) is 65.4. The van der Waals surface area contributed by atoms with E-state index < -0.39 is 49.5 Å². The van der Waals surface area contributed by atoms with Crippen LogP contribution in [-0.4, -0.2) is 100 Å². The Morgan fingerprint density at radius 2 is 0.986 bits per heavy atom. The van der Waals surface area contributed by atoms with Gasteiger partial charge in [-0.2, -0.15) is 0 Å². The van der Waals surface area contributed by atoms with E-state index in [1.54, 1.807) is 6.08 Å². The van der Waals surface area contributed by atoms with Gasteiger partial charge in [-0.25, -0.2) is 0 Å². The molecule has 1 aliphatic heterocycles. The van der Waals surface area contributed by atoms with Gasteiger partial charge in [0.1, 0.15) is 24.4 Å². The van der Waals surface area contributed by atoms with Crippen molar-refractivity contribution in [2.75, 3.05) is 19.8 Å².